The van der Waals surface area contributed by atoms with E-state index in [4.69, 9.17) is 10.2 Å². The maximum atomic E-state index is 12.7. The van der Waals surface area contributed by atoms with E-state index >= 15 is 0 Å². The van der Waals surface area contributed by atoms with Crippen molar-refractivity contribution in [3.8, 4) is 0 Å². The molecule has 0 saturated heterocycles. The first-order chi connectivity index (χ1) is 8.19. The van der Waals surface area contributed by atoms with Crippen molar-refractivity contribution in [1.29, 1.82) is 0 Å². The number of aryl methyl sites for hydroxylation is 1. The zero-order chi connectivity index (χ0) is 12.3. The van der Waals surface area contributed by atoms with Gasteiger partial charge in [-0.25, -0.2) is 4.39 Å². The minimum atomic E-state index is -0.228. The van der Waals surface area contributed by atoms with Gasteiger partial charge in [0.25, 0.3) is 0 Å². The summed E-state index contributed by atoms with van der Waals surface area (Å²) in [5, 5.41) is 0. The first kappa shape index (κ1) is 11.9. The predicted octanol–water partition coefficient (Wildman–Crippen LogP) is 3.22. The van der Waals surface area contributed by atoms with Crippen LogP contribution in [-0.4, -0.2) is 0 Å². The van der Waals surface area contributed by atoms with Crippen molar-refractivity contribution in [3.05, 3.63) is 59.3 Å². The minimum absolute atomic E-state index is 0.180. The van der Waals surface area contributed by atoms with Crippen molar-refractivity contribution >= 4 is 0 Å². The molecule has 0 aliphatic carbocycles. The van der Waals surface area contributed by atoms with Crippen LogP contribution in [0.1, 0.15) is 30.0 Å². The Bertz CT molecular complexity index is 475. The molecule has 2 nitrogen and oxygen atoms in total. The highest BCUT2D eigenvalue weighted by molar-refractivity contribution is 5.20. The van der Waals surface area contributed by atoms with Gasteiger partial charge in [0.05, 0.1) is 6.04 Å². The lowest BCUT2D eigenvalue weighted by molar-refractivity contribution is 0.434. The van der Waals surface area contributed by atoms with E-state index in [1.54, 1.807) is 12.1 Å². The van der Waals surface area contributed by atoms with E-state index in [1.807, 2.05) is 19.1 Å². The third kappa shape index (κ3) is 2.94. The quantitative estimate of drug-likeness (QED) is 0.880. The fourth-order valence-electron chi connectivity index (χ4n) is 1.76. The Morgan fingerprint density at radius 2 is 1.88 bits per heavy atom. The fourth-order valence-corrected chi connectivity index (χ4v) is 1.76. The molecular weight excluding hydrogens is 217 g/mol. The summed E-state index contributed by atoms with van der Waals surface area (Å²) in [6.07, 6.45) is 1.51. The number of benzene rings is 1. The topological polar surface area (TPSA) is 39.2 Å². The number of hydrogen-bond acceptors (Lipinski definition) is 2. The molecule has 0 fully saturated rings. The van der Waals surface area contributed by atoms with Gasteiger partial charge >= 0.3 is 0 Å². The minimum Gasteiger partial charge on any atom is -0.464 e. The summed E-state index contributed by atoms with van der Waals surface area (Å²) in [6, 6.07) is 10.1. The van der Waals surface area contributed by atoms with Crippen LogP contribution in [0.5, 0.6) is 0 Å². The second-order valence-corrected chi connectivity index (χ2v) is 4.09. The predicted molar refractivity (Wildman–Crippen MR) is 65.1 cm³/mol. The highest BCUT2D eigenvalue weighted by Gasteiger charge is 2.11. The van der Waals surface area contributed by atoms with Gasteiger partial charge in [-0.1, -0.05) is 19.1 Å². The molecule has 1 heterocycles. The molecule has 1 aromatic heterocycles. The molecular formula is C14H16FNO. The van der Waals surface area contributed by atoms with Gasteiger partial charge in [-0.2, -0.15) is 0 Å². The van der Waals surface area contributed by atoms with Crippen molar-refractivity contribution in [2.45, 2.75) is 25.8 Å². The van der Waals surface area contributed by atoms with Crippen molar-refractivity contribution < 1.29 is 8.81 Å². The second kappa shape index (κ2) is 5.15. The van der Waals surface area contributed by atoms with E-state index < -0.39 is 0 Å². The van der Waals surface area contributed by atoms with Crippen molar-refractivity contribution in [1.82, 2.24) is 0 Å². The molecule has 1 atom stereocenters. The fraction of sp³-hybridized carbons (Fsp3) is 0.286. The number of nitrogens with two attached hydrogens (primary N) is 1. The van der Waals surface area contributed by atoms with Gasteiger partial charge in [0.2, 0.25) is 0 Å². The van der Waals surface area contributed by atoms with Gasteiger partial charge in [-0.15, -0.1) is 0 Å². The average molecular weight is 233 g/mol. The van der Waals surface area contributed by atoms with Crippen LogP contribution in [0.2, 0.25) is 0 Å². The van der Waals surface area contributed by atoms with E-state index in [9.17, 15) is 4.39 Å². The maximum Gasteiger partial charge on any atom is 0.123 e. The third-order valence-corrected chi connectivity index (χ3v) is 2.77. The Labute approximate surface area is 100 Å². The molecule has 90 valence electrons. The van der Waals surface area contributed by atoms with Crippen LogP contribution in [0.4, 0.5) is 4.39 Å². The molecule has 0 amide bonds. The lowest BCUT2D eigenvalue weighted by Crippen LogP contribution is -2.12. The van der Waals surface area contributed by atoms with Gasteiger partial charge in [0.1, 0.15) is 17.3 Å². The van der Waals surface area contributed by atoms with Crippen molar-refractivity contribution in [2.75, 3.05) is 0 Å². The Hall–Kier alpha value is -1.61. The van der Waals surface area contributed by atoms with Gasteiger partial charge in [-0.3, -0.25) is 0 Å². The lowest BCUT2D eigenvalue weighted by Gasteiger charge is -2.08. The summed E-state index contributed by atoms with van der Waals surface area (Å²) in [5.74, 6) is 1.49. The van der Waals surface area contributed by atoms with Gasteiger partial charge < -0.3 is 10.2 Å². The summed E-state index contributed by atoms with van der Waals surface area (Å²) in [4.78, 5) is 0. The lowest BCUT2D eigenvalue weighted by atomic mass is 10.1. The largest absolute Gasteiger partial charge is 0.464 e. The van der Waals surface area contributed by atoms with Gasteiger partial charge in [0, 0.05) is 6.42 Å². The van der Waals surface area contributed by atoms with E-state index in [1.165, 1.54) is 12.1 Å². The van der Waals surface area contributed by atoms with E-state index in [2.05, 4.69) is 0 Å². The Morgan fingerprint density at radius 1 is 1.18 bits per heavy atom. The van der Waals surface area contributed by atoms with E-state index in [0.717, 1.165) is 23.5 Å². The maximum absolute atomic E-state index is 12.7. The molecule has 3 heteroatoms. The van der Waals surface area contributed by atoms with Crippen LogP contribution < -0.4 is 5.73 Å². The summed E-state index contributed by atoms with van der Waals surface area (Å²) < 4.78 is 18.3. The Morgan fingerprint density at radius 3 is 2.47 bits per heavy atom. The van der Waals surface area contributed by atoms with Crippen LogP contribution in [0, 0.1) is 5.82 Å². The molecule has 0 aliphatic rings. The molecule has 0 aliphatic heterocycles. The molecule has 17 heavy (non-hydrogen) atoms. The van der Waals surface area contributed by atoms with Crippen LogP contribution in [0.15, 0.2) is 40.8 Å². The van der Waals surface area contributed by atoms with E-state index in [0.29, 0.717) is 6.42 Å². The molecule has 1 aromatic carbocycles. The van der Waals surface area contributed by atoms with Crippen LogP contribution >= 0.6 is 0 Å². The van der Waals surface area contributed by atoms with Gasteiger partial charge in [-0.05, 0) is 36.2 Å². The molecule has 0 radical (unpaired) electrons. The highest BCUT2D eigenvalue weighted by Crippen LogP contribution is 2.19. The number of hydrogen-bond donors (Lipinski definition) is 1. The number of furan rings is 1. The molecule has 0 bridgehead atoms. The first-order valence-corrected chi connectivity index (χ1v) is 5.77. The average Bonchev–Trinajstić information content (AvgIpc) is 2.81. The summed E-state index contributed by atoms with van der Waals surface area (Å²) >= 11 is 0. The normalized spacial score (nSPS) is 12.6. The van der Waals surface area contributed by atoms with Crippen molar-refractivity contribution in [2.24, 2.45) is 5.73 Å². The van der Waals surface area contributed by atoms with Crippen LogP contribution in [0.25, 0.3) is 0 Å². The second-order valence-electron chi connectivity index (χ2n) is 4.09. The summed E-state index contributed by atoms with van der Waals surface area (Å²) in [5.41, 5.74) is 7.05. The van der Waals surface area contributed by atoms with Gasteiger partial charge in [0.15, 0.2) is 0 Å². The highest BCUT2D eigenvalue weighted by atomic mass is 19.1. The monoisotopic (exact) mass is 233 g/mol. The smallest absolute Gasteiger partial charge is 0.123 e. The Balaban J connectivity index is 2.05. The van der Waals surface area contributed by atoms with Crippen molar-refractivity contribution in [3.63, 3.8) is 0 Å². The molecule has 0 saturated carbocycles. The first-order valence-electron chi connectivity index (χ1n) is 5.77. The van der Waals surface area contributed by atoms with Crippen LogP contribution in [-0.2, 0) is 12.8 Å². The van der Waals surface area contributed by atoms with E-state index in [-0.39, 0.29) is 11.9 Å². The standard InChI is InChI=1S/C14H16FNO/c1-2-12-7-8-14(17-12)13(16)9-10-3-5-11(15)6-4-10/h3-8,13H,2,9,16H2,1H3. The Kier molecular flexibility index (Phi) is 3.59. The number of halogens is 1. The molecule has 2 N–H and O–H groups in total. The summed E-state index contributed by atoms with van der Waals surface area (Å²) in [7, 11) is 0. The molecule has 0 spiro atoms. The van der Waals surface area contributed by atoms with Crippen LogP contribution in [0.3, 0.4) is 0 Å². The molecule has 1 unspecified atom stereocenters. The summed E-state index contributed by atoms with van der Waals surface area (Å²) in [6.45, 7) is 2.04. The third-order valence-electron chi connectivity index (χ3n) is 2.77. The molecule has 2 aromatic rings. The zero-order valence-corrected chi connectivity index (χ0v) is 9.82. The molecule has 2 rings (SSSR count). The SMILES string of the molecule is CCc1ccc(C(N)Cc2ccc(F)cc2)o1. The number of rotatable bonds is 4. The zero-order valence-electron chi connectivity index (χ0n) is 9.82.